The lowest BCUT2D eigenvalue weighted by molar-refractivity contribution is 0.156. The summed E-state index contributed by atoms with van der Waals surface area (Å²) in [5.41, 5.74) is 17.3. The molecule has 0 fully saturated rings. The second-order valence-corrected chi connectivity index (χ2v) is 9.34. The van der Waals surface area contributed by atoms with Crippen molar-refractivity contribution in [1.82, 2.24) is 20.6 Å². The molecule has 0 spiro atoms. The molecule has 1 atom stereocenters. The molecular weight excluding hydrogens is 548 g/mol. The number of alkyl carbamates (subject to hydrolysis) is 2. The van der Waals surface area contributed by atoms with Gasteiger partial charge in [-0.3, -0.25) is 20.6 Å². The van der Waals surface area contributed by atoms with E-state index in [1.54, 1.807) is 38.4 Å². The van der Waals surface area contributed by atoms with Crippen molar-refractivity contribution in [3.05, 3.63) is 89.9 Å². The molecule has 0 saturated carbocycles. The van der Waals surface area contributed by atoms with Crippen LogP contribution in [0.15, 0.2) is 83.1 Å². The van der Waals surface area contributed by atoms with Crippen LogP contribution in [0.2, 0.25) is 0 Å². The SMILES string of the molecule is CCOC(=O)NC(N)=Nc1ccc(-c2ccc3cccc4c3c2C=CC4c2ccc(N=C(N)NC(=O)OCC)cn2)nc1. The van der Waals surface area contributed by atoms with E-state index in [-0.39, 0.29) is 31.1 Å². The molecule has 2 aromatic carbocycles. The molecule has 2 aromatic heterocycles. The predicted molar refractivity (Wildman–Crippen MR) is 165 cm³/mol. The van der Waals surface area contributed by atoms with Gasteiger partial charge < -0.3 is 20.9 Å². The van der Waals surface area contributed by atoms with Crippen LogP contribution in [0.5, 0.6) is 0 Å². The number of nitrogens with two attached hydrogens (primary N) is 2. The highest BCUT2D eigenvalue weighted by Gasteiger charge is 2.22. The maximum Gasteiger partial charge on any atom is 0.413 e. The van der Waals surface area contributed by atoms with E-state index in [1.165, 1.54) is 0 Å². The van der Waals surface area contributed by atoms with Gasteiger partial charge in [0.15, 0.2) is 0 Å². The van der Waals surface area contributed by atoms with Gasteiger partial charge in [0.2, 0.25) is 11.9 Å². The maximum atomic E-state index is 11.6. The number of allylic oxidation sites excluding steroid dienone is 1. The molecule has 0 aliphatic heterocycles. The van der Waals surface area contributed by atoms with Gasteiger partial charge in [-0.25, -0.2) is 19.6 Å². The van der Waals surface area contributed by atoms with Crippen molar-refractivity contribution < 1.29 is 19.1 Å². The molecule has 0 saturated heterocycles. The van der Waals surface area contributed by atoms with Crippen LogP contribution in [0.25, 0.3) is 28.1 Å². The molecule has 0 radical (unpaired) electrons. The van der Waals surface area contributed by atoms with Gasteiger partial charge in [-0.05, 0) is 60.0 Å². The molecule has 218 valence electrons. The topological polar surface area (TPSA) is 179 Å². The zero-order valence-corrected chi connectivity index (χ0v) is 23.6. The normalized spacial score (nSPS) is 14.3. The summed E-state index contributed by atoms with van der Waals surface area (Å²) in [6.45, 7) is 3.86. The van der Waals surface area contributed by atoms with E-state index in [4.69, 9.17) is 20.9 Å². The monoisotopic (exact) mass is 578 g/mol. The number of rotatable bonds is 6. The number of aliphatic imine (C=N–C) groups is 2. The number of benzene rings is 2. The summed E-state index contributed by atoms with van der Waals surface area (Å²) in [5, 5.41) is 6.94. The third-order valence-electron chi connectivity index (χ3n) is 6.53. The average molecular weight is 579 g/mol. The van der Waals surface area contributed by atoms with Gasteiger partial charge in [-0.15, -0.1) is 0 Å². The molecule has 12 heteroatoms. The van der Waals surface area contributed by atoms with Crippen LogP contribution >= 0.6 is 0 Å². The number of guanidine groups is 2. The van der Waals surface area contributed by atoms with Crippen molar-refractivity contribution >= 4 is 52.3 Å². The van der Waals surface area contributed by atoms with Crippen LogP contribution in [-0.2, 0) is 9.47 Å². The molecule has 43 heavy (non-hydrogen) atoms. The van der Waals surface area contributed by atoms with Crippen LogP contribution in [-0.4, -0.2) is 47.3 Å². The van der Waals surface area contributed by atoms with Gasteiger partial charge in [0.1, 0.15) is 0 Å². The lowest BCUT2D eigenvalue weighted by Gasteiger charge is -2.23. The molecule has 1 aliphatic rings. The summed E-state index contributed by atoms with van der Waals surface area (Å²) in [6.07, 6.45) is 6.08. The summed E-state index contributed by atoms with van der Waals surface area (Å²) in [4.78, 5) is 40.8. The van der Waals surface area contributed by atoms with Gasteiger partial charge in [0, 0.05) is 11.5 Å². The van der Waals surface area contributed by atoms with Crippen LogP contribution in [0, 0.1) is 0 Å². The molecule has 1 aliphatic carbocycles. The van der Waals surface area contributed by atoms with Crippen molar-refractivity contribution in [3.63, 3.8) is 0 Å². The number of pyridine rings is 2. The third kappa shape index (κ3) is 6.59. The minimum atomic E-state index is -0.669. The number of amides is 2. The quantitative estimate of drug-likeness (QED) is 0.185. The van der Waals surface area contributed by atoms with Crippen molar-refractivity contribution in [2.24, 2.45) is 21.5 Å². The van der Waals surface area contributed by atoms with Crippen LogP contribution in [0.1, 0.15) is 36.6 Å². The Morgan fingerprint density at radius 3 is 2.07 bits per heavy atom. The lowest BCUT2D eigenvalue weighted by atomic mass is 9.82. The second-order valence-electron chi connectivity index (χ2n) is 9.34. The van der Waals surface area contributed by atoms with Gasteiger partial charge in [-0.2, -0.15) is 0 Å². The Balaban J connectivity index is 1.40. The first kappa shape index (κ1) is 28.7. The Hall–Kier alpha value is -5.78. The standard InChI is InChI=1S/C31H30N8O4/c1-3-42-30(40)38-28(32)36-19-9-14-25(34-16-19)21-11-8-18-6-5-7-23-22(12-13-24(21)27(18)23)26-15-10-20(17-35-26)37-29(33)39-31(41)43-4-2/h5-17,22H,3-4H2,1-2H3,(H3,32,36,38,40)(H3,33,37,39,41). The zero-order valence-electron chi connectivity index (χ0n) is 23.6. The highest BCUT2D eigenvalue weighted by molar-refractivity contribution is 6.01. The largest absolute Gasteiger partial charge is 0.450 e. The van der Waals surface area contributed by atoms with Gasteiger partial charge in [0.25, 0.3) is 0 Å². The fraction of sp³-hybridized carbons (Fsp3) is 0.161. The van der Waals surface area contributed by atoms with E-state index in [0.29, 0.717) is 11.4 Å². The fourth-order valence-corrected chi connectivity index (χ4v) is 4.78. The molecule has 12 nitrogen and oxygen atoms in total. The number of hydrogen-bond donors (Lipinski definition) is 4. The Morgan fingerprint density at radius 2 is 1.49 bits per heavy atom. The van der Waals surface area contributed by atoms with Crippen LogP contribution in [0.4, 0.5) is 21.0 Å². The first-order valence-corrected chi connectivity index (χ1v) is 13.6. The molecule has 6 N–H and O–H groups in total. The minimum Gasteiger partial charge on any atom is -0.450 e. The molecule has 2 heterocycles. The van der Waals surface area contributed by atoms with E-state index in [2.05, 4.69) is 60.9 Å². The molecule has 0 bridgehead atoms. The van der Waals surface area contributed by atoms with Crippen molar-refractivity contribution in [1.29, 1.82) is 0 Å². The zero-order chi connectivity index (χ0) is 30.3. The number of hydrogen-bond acceptors (Lipinski definition) is 8. The summed E-state index contributed by atoms with van der Waals surface area (Å²) >= 11 is 0. The van der Waals surface area contributed by atoms with E-state index >= 15 is 0 Å². The molecule has 2 amide bonds. The maximum absolute atomic E-state index is 11.6. The lowest BCUT2D eigenvalue weighted by Crippen LogP contribution is -2.36. The fourth-order valence-electron chi connectivity index (χ4n) is 4.78. The first-order valence-electron chi connectivity index (χ1n) is 13.6. The Labute approximate surface area is 247 Å². The Bertz CT molecular complexity index is 1750. The van der Waals surface area contributed by atoms with Crippen LogP contribution < -0.4 is 22.1 Å². The summed E-state index contributed by atoms with van der Waals surface area (Å²) in [5.74, 6) is -0.251. The van der Waals surface area contributed by atoms with E-state index in [1.807, 2.05) is 24.3 Å². The van der Waals surface area contributed by atoms with Crippen molar-refractivity contribution in [2.75, 3.05) is 13.2 Å². The molecular formula is C31H30N8O4. The first-order chi connectivity index (χ1) is 20.9. The van der Waals surface area contributed by atoms with Gasteiger partial charge >= 0.3 is 12.2 Å². The number of aromatic nitrogens is 2. The summed E-state index contributed by atoms with van der Waals surface area (Å²) in [6, 6.07) is 17.7. The van der Waals surface area contributed by atoms with Gasteiger partial charge in [0.05, 0.1) is 48.4 Å². The number of carbonyl (C=O) groups excluding carboxylic acids is 2. The van der Waals surface area contributed by atoms with Crippen LogP contribution in [0.3, 0.4) is 0 Å². The van der Waals surface area contributed by atoms with Crippen molar-refractivity contribution in [2.45, 2.75) is 19.8 Å². The second kappa shape index (κ2) is 12.8. The van der Waals surface area contributed by atoms with Crippen molar-refractivity contribution in [3.8, 4) is 11.3 Å². The number of nitrogens with zero attached hydrogens (tertiary/aromatic N) is 4. The van der Waals surface area contributed by atoms with E-state index in [0.717, 1.165) is 38.9 Å². The highest BCUT2D eigenvalue weighted by atomic mass is 16.6. The summed E-state index contributed by atoms with van der Waals surface area (Å²) < 4.78 is 9.63. The third-order valence-corrected chi connectivity index (χ3v) is 6.53. The minimum absolute atomic E-state index is 0.0814. The Morgan fingerprint density at radius 1 is 0.837 bits per heavy atom. The Kier molecular flexibility index (Phi) is 8.56. The number of carbonyl (C=O) groups is 2. The van der Waals surface area contributed by atoms with E-state index < -0.39 is 12.2 Å². The summed E-state index contributed by atoms with van der Waals surface area (Å²) in [7, 11) is 0. The molecule has 5 rings (SSSR count). The number of ether oxygens (including phenoxy) is 2. The average Bonchev–Trinajstić information content (AvgIpc) is 2.99. The highest BCUT2D eigenvalue weighted by Crippen LogP contribution is 2.41. The smallest absolute Gasteiger partial charge is 0.413 e. The van der Waals surface area contributed by atoms with E-state index in [9.17, 15) is 9.59 Å². The molecule has 1 unspecified atom stereocenters. The molecule has 4 aromatic rings. The predicted octanol–water partition coefficient (Wildman–Crippen LogP) is 4.84. The van der Waals surface area contributed by atoms with Gasteiger partial charge in [-0.1, -0.05) is 42.5 Å². The number of nitrogens with one attached hydrogen (secondary N) is 2.